The van der Waals surface area contributed by atoms with E-state index in [0.29, 0.717) is 5.69 Å². The summed E-state index contributed by atoms with van der Waals surface area (Å²) in [6.07, 6.45) is 1.25. The maximum atomic E-state index is 12.5. The molecule has 0 unspecified atom stereocenters. The first-order chi connectivity index (χ1) is 16.4. The Morgan fingerprint density at radius 1 is 1.06 bits per heavy atom. The number of hydrogen-bond acceptors (Lipinski definition) is 7. The van der Waals surface area contributed by atoms with E-state index in [9.17, 15) is 22.8 Å². The van der Waals surface area contributed by atoms with Crippen molar-refractivity contribution in [2.24, 2.45) is 0 Å². The molecule has 0 saturated carbocycles. The number of fused-ring (bicyclic) bond motifs is 1. The average Bonchev–Trinajstić information content (AvgIpc) is 2.98. The number of nitrogens with one attached hydrogen (secondary N) is 2. The molecule has 0 radical (unpaired) electrons. The van der Waals surface area contributed by atoms with E-state index in [-0.39, 0.29) is 35.0 Å². The van der Waals surface area contributed by atoms with Crippen LogP contribution in [0.3, 0.4) is 0 Å². The summed E-state index contributed by atoms with van der Waals surface area (Å²) in [5.74, 6) is -1.32. The van der Waals surface area contributed by atoms with Crippen LogP contribution in [0.15, 0.2) is 65.2 Å². The fraction of sp³-hybridized carbons (Fsp3) is 0.320. The zero-order valence-corrected chi connectivity index (χ0v) is 20.9. The maximum absolute atomic E-state index is 12.5. The van der Waals surface area contributed by atoms with Gasteiger partial charge >= 0.3 is 5.97 Å². The topological polar surface area (TPSA) is 122 Å². The summed E-state index contributed by atoms with van der Waals surface area (Å²) < 4.78 is 32.1. The fourth-order valence-electron chi connectivity index (χ4n) is 3.97. The van der Waals surface area contributed by atoms with E-state index < -0.39 is 22.6 Å². The molecule has 1 aliphatic rings. The molecule has 0 saturated heterocycles. The number of esters is 1. The predicted molar refractivity (Wildman–Crippen MR) is 132 cm³/mol. The van der Waals surface area contributed by atoms with Gasteiger partial charge in [-0.1, -0.05) is 32.0 Å². The van der Waals surface area contributed by atoms with Crippen LogP contribution in [0.4, 0.5) is 11.4 Å². The summed E-state index contributed by atoms with van der Waals surface area (Å²) in [6.45, 7) is 4.79. The summed E-state index contributed by atoms with van der Waals surface area (Å²) in [4.78, 5) is 37.5. The molecule has 9 nitrogen and oxygen atoms in total. The van der Waals surface area contributed by atoms with Gasteiger partial charge in [-0.3, -0.25) is 14.4 Å². The number of para-hydroxylation sites is 1. The summed E-state index contributed by atoms with van der Waals surface area (Å²) in [5.41, 5.74) is 3.03. The Kier molecular flexibility index (Phi) is 7.76. The molecule has 3 rings (SSSR count). The zero-order valence-electron chi connectivity index (χ0n) is 20.1. The third-order valence-electron chi connectivity index (χ3n) is 5.72. The van der Waals surface area contributed by atoms with Crippen LogP contribution in [-0.4, -0.2) is 46.3 Å². The number of sulfonamides is 1. The molecule has 0 bridgehead atoms. The first kappa shape index (κ1) is 26.1. The number of ketones is 1. The summed E-state index contributed by atoms with van der Waals surface area (Å²) >= 11 is 0. The Morgan fingerprint density at radius 2 is 1.71 bits per heavy atom. The van der Waals surface area contributed by atoms with Crippen LogP contribution < -0.4 is 14.9 Å². The summed E-state index contributed by atoms with van der Waals surface area (Å²) in [6, 6.07) is 13.5. The maximum Gasteiger partial charge on any atom is 0.307 e. The van der Waals surface area contributed by atoms with E-state index in [1.807, 2.05) is 50.1 Å². The average molecular weight is 500 g/mol. The van der Waals surface area contributed by atoms with Crippen LogP contribution >= 0.6 is 0 Å². The summed E-state index contributed by atoms with van der Waals surface area (Å²) in [5, 5.41) is 2.55. The van der Waals surface area contributed by atoms with E-state index >= 15 is 0 Å². The van der Waals surface area contributed by atoms with Crippen molar-refractivity contribution < 1.29 is 27.5 Å². The standard InChI is InChI=1S/C25H29N3O6S/c1-17(29)27-18-9-11-20(12-10-18)35(32,33)26-14-13-24(31)34-16-19(30)15-23-25(2,3)21-7-5-6-8-22(21)28(23)4/h5-12,15,26H,13-14,16H2,1-4H3,(H,27,29)/b23-15+. The third-order valence-corrected chi connectivity index (χ3v) is 7.20. The highest BCUT2D eigenvalue weighted by Crippen LogP contribution is 2.46. The third kappa shape index (κ3) is 6.14. The Morgan fingerprint density at radius 3 is 2.34 bits per heavy atom. The Balaban J connectivity index is 1.49. The fourth-order valence-corrected chi connectivity index (χ4v) is 5.00. The molecular weight excluding hydrogens is 470 g/mol. The van der Waals surface area contributed by atoms with Crippen LogP contribution in [-0.2, 0) is 34.6 Å². The Labute approximate surface area is 205 Å². The number of hydrogen-bond donors (Lipinski definition) is 2. The monoisotopic (exact) mass is 499 g/mol. The molecule has 186 valence electrons. The molecule has 2 aromatic carbocycles. The van der Waals surface area contributed by atoms with Gasteiger partial charge in [-0.25, -0.2) is 13.1 Å². The van der Waals surface area contributed by atoms with Crippen LogP contribution in [0, 0.1) is 0 Å². The van der Waals surface area contributed by atoms with Gasteiger partial charge in [0.1, 0.15) is 0 Å². The highest BCUT2D eigenvalue weighted by Gasteiger charge is 2.38. The van der Waals surface area contributed by atoms with E-state index in [1.165, 1.54) is 37.3 Å². The quantitative estimate of drug-likeness (QED) is 0.402. The molecule has 0 aliphatic carbocycles. The van der Waals surface area contributed by atoms with Gasteiger partial charge in [0.05, 0.1) is 11.3 Å². The minimum Gasteiger partial charge on any atom is -0.457 e. The number of allylic oxidation sites excluding steroid dienone is 1. The van der Waals surface area contributed by atoms with Crippen molar-refractivity contribution in [2.45, 2.75) is 37.5 Å². The largest absolute Gasteiger partial charge is 0.457 e. The second kappa shape index (κ2) is 10.4. The minimum absolute atomic E-state index is 0.00827. The van der Waals surface area contributed by atoms with Crippen molar-refractivity contribution in [3.8, 4) is 0 Å². The lowest BCUT2D eigenvalue weighted by molar-refractivity contribution is -0.146. The first-order valence-electron chi connectivity index (χ1n) is 11.0. The van der Waals surface area contributed by atoms with E-state index in [2.05, 4.69) is 10.0 Å². The molecule has 2 aromatic rings. The van der Waals surface area contributed by atoms with Crippen molar-refractivity contribution in [1.82, 2.24) is 4.72 Å². The number of amides is 1. The number of anilines is 2. The number of carbonyl (C=O) groups is 3. The number of nitrogens with zero attached hydrogens (tertiary/aromatic N) is 1. The van der Waals surface area contributed by atoms with Gasteiger partial charge in [-0.15, -0.1) is 0 Å². The second-order valence-electron chi connectivity index (χ2n) is 8.71. The second-order valence-corrected chi connectivity index (χ2v) is 10.5. The SMILES string of the molecule is CC(=O)Nc1ccc(S(=O)(=O)NCCC(=O)OCC(=O)/C=C2/N(C)c3ccccc3C2(C)C)cc1. The highest BCUT2D eigenvalue weighted by molar-refractivity contribution is 7.89. The molecule has 0 atom stereocenters. The molecule has 1 aliphatic heterocycles. The molecular formula is C25H29N3O6S. The normalized spacial score (nSPS) is 15.5. The molecule has 0 spiro atoms. The van der Waals surface area contributed by atoms with E-state index in [0.717, 1.165) is 16.9 Å². The Hall–Kier alpha value is -3.50. The molecule has 2 N–H and O–H groups in total. The molecule has 35 heavy (non-hydrogen) atoms. The highest BCUT2D eigenvalue weighted by atomic mass is 32.2. The number of likely N-dealkylation sites (N-methyl/N-ethyl adjacent to an activating group) is 1. The van der Waals surface area contributed by atoms with Crippen molar-refractivity contribution >= 4 is 39.1 Å². The molecule has 1 heterocycles. The minimum atomic E-state index is -3.85. The van der Waals surface area contributed by atoms with E-state index in [4.69, 9.17) is 4.74 Å². The predicted octanol–water partition coefficient (Wildman–Crippen LogP) is 2.74. The molecule has 1 amide bonds. The van der Waals surface area contributed by atoms with Crippen molar-refractivity contribution in [2.75, 3.05) is 30.4 Å². The van der Waals surface area contributed by atoms with Gasteiger partial charge in [0.2, 0.25) is 15.9 Å². The lowest BCUT2D eigenvalue weighted by atomic mass is 9.83. The molecule has 0 fully saturated rings. The smallest absolute Gasteiger partial charge is 0.307 e. The molecule has 0 aromatic heterocycles. The van der Waals surface area contributed by atoms with Gasteiger partial charge in [0.15, 0.2) is 12.4 Å². The Bertz CT molecular complexity index is 1270. The van der Waals surface area contributed by atoms with Crippen molar-refractivity contribution in [1.29, 1.82) is 0 Å². The zero-order chi connectivity index (χ0) is 25.8. The van der Waals surface area contributed by atoms with E-state index in [1.54, 1.807) is 0 Å². The lowest BCUT2D eigenvalue weighted by Crippen LogP contribution is -2.27. The number of carbonyl (C=O) groups excluding carboxylic acids is 3. The van der Waals surface area contributed by atoms with Crippen LogP contribution in [0.1, 0.15) is 32.8 Å². The first-order valence-corrected chi connectivity index (χ1v) is 12.5. The lowest BCUT2D eigenvalue weighted by Gasteiger charge is -2.23. The van der Waals surface area contributed by atoms with Crippen LogP contribution in [0.25, 0.3) is 0 Å². The van der Waals surface area contributed by atoms with Crippen LogP contribution in [0.2, 0.25) is 0 Å². The van der Waals surface area contributed by atoms with Gasteiger partial charge in [-0.05, 0) is 35.9 Å². The van der Waals surface area contributed by atoms with Gasteiger partial charge in [0.25, 0.3) is 0 Å². The number of benzene rings is 2. The summed E-state index contributed by atoms with van der Waals surface area (Å²) in [7, 11) is -1.96. The number of ether oxygens (including phenoxy) is 1. The van der Waals surface area contributed by atoms with Gasteiger partial charge in [0, 0.05) is 49.1 Å². The molecule has 10 heteroatoms. The van der Waals surface area contributed by atoms with Gasteiger partial charge < -0.3 is 15.0 Å². The van der Waals surface area contributed by atoms with Crippen molar-refractivity contribution in [3.05, 3.63) is 65.9 Å². The van der Waals surface area contributed by atoms with Gasteiger partial charge in [-0.2, -0.15) is 0 Å². The van der Waals surface area contributed by atoms with Crippen LogP contribution in [0.5, 0.6) is 0 Å². The number of rotatable bonds is 9. The van der Waals surface area contributed by atoms with Crippen molar-refractivity contribution in [3.63, 3.8) is 0 Å².